The number of hydrogen-bond donors (Lipinski definition) is 1. The van der Waals surface area contributed by atoms with E-state index < -0.39 is 0 Å². The van der Waals surface area contributed by atoms with Gasteiger partial charge in [-0.25, -0.2) is 0 Å². The standard InChI is InChI=1S/C12H23N/c1-10(2)12(13-3)11-8-6-4-5-7-9-11/h11-13H,1,4-9H2,2-3H3. The molecule has 0 spiro atoms. The highest BCUT2D eigenvalue weighted by atomic mass is 14.9. The van der Waals surface area contributed by atoms with Gasteiger partial charge < -0.3 is 5.32 Å². The Hall–Kier alpha value is -0.300. The van der Waals surface area contributed by atoms with Crippen molar-refractivity contribution < 1.29 is 0 Å². The van der Waals surface area contributed by atoms with Crippen molar-refractivity contribution in [3.63, 3.8) is 0 Å². The summed E-state index contributed by atoms with van der Waals surface area (Å²) in [4.78, 5) is 0. The lowest BCUT2D eigenvalue weighted by Crippen LogP contribution is -2.34. The molecule has 1 saturated carbocycles. The maximum absolute atomic E-state index is 4.07. The smallest absolute Gasteiger partial charge is 0.0299 e. The van der Waals surface area contributed by atoms with Crippen LogP contribution in [0.1, 0.15) is 45.4 Å². The molecule has 0 heterocycles. The first-order valence-electron chi connectivity index (χ1n) is 5.58. The summed E-state index contributed by atoms with van der Waals surface area (Å²) in [6.07, 6.45) is 8.47. The van der Waals surface area contributed by atoms with Gasteiger partial charge in [0.15, 0.2) is 0 Å². The molecule has 1 nitrogen and oxygen atoms in total. The lowest BCUT2D eigenvalue weighted by atomic mass is 9.88. The van der Waals surface area contributed by atoms with Crippen molar-refractivity contribution in [1.82, 2.24) is 5.32 Å². The van der Waals surface area contributed by atoms with Crippen LogP contribution in [0, 0.1) is 5.92 Å². The zero-order valence-corrected chi connectivity index (χ0v) is 9.10. The second-order valence-electron chi connectivity index (χ2n) is 4.36. The minimum absolute atomic E-state index is 0.554. The largest absolute Gasteiger partial charge is 0.313 e. The predicted octanol–water partition coefficient (Wildman–Crippen LogP) is 3.12. The van der Waals surface area contributed by atoms with Crippen molar-refractivity contribution in [3.05, 3.63) is 12.2 Å². The predicted molar refractivity (Wildman–Crippen MR) is 58.9 cm³/mol. The molecule has 13 heavy (non-hydrogen) atoms. The van der Waals surface area contributed by atoms with E-state index in [1.807, 2.05) is 0 Å². The van der Waals surface area contributed by atoms with E-state index in [1.54, 1.807) is 0 Å². The van der Waals surface area contributed by atoms with Crippen molar-refractivity contribution >= 4 is 0 Å². The maximum Gasteiger partial charge on any atom is 0.0299 e. The average Bonchev–Trinajstić information content (AvgIpc) is 2.33. The minimum atomic E-state index is 0.554. The van der Waals surface area contributed by atoms with Crippen LogP contribution >= 0.6 is 0 Å². The van der Waals surface area contributed by atoms with Crippen molar-refractivity contribution in [1.29, 1.82) is 0 Å². The van der Waals surface area contributed by atoms with Crippen LogP contribution in [0.25, 0.3) is 0 Å². The molecule has 1 fully saturated rings. The van der Waals surface area contributed by atoms with Gasteiger partial charge in [-0.1, -0.05) is 37.8 Å². The van der Waals surface area contributed by atoms with Gasteiger partial charge in [0.2, 0.25) is 0 Å². The summed E-state index contributed by atoms with van der Waals surface area (Å²) in [5, 5.41) is 3.40. The van der Waals surface area contributed by atoms with Crippen LogP contribution in [0.3, 0.4) is 0 Å². The molecule has 1 N–H and O–H groups in total. The Bertz CT molecular complexity index is 155. The van der Waals surface area contributed by atoms with E-state index in [0.717, 1.165) is 5.92 Å². The van der Waals surface area contributed by atoms with Gasteiger partial charge in [0.25, 0.3) is 0 Å². The normalized spacial score (nSPS) is 22.3. The molecule has 1 aliphatic rings. The Morgan fingerprint density at radius 1 is 1.23 bits per heavy atom. The van der Waals surface area contributed by atoms with Crippen molar-refractivity contribution in [2.75, 3.05) is 7.05 Å². The molecule has 0 saturated heterocycles. The van der Waals surface area contributed by atoms with E-state index in [-0.39, 0.29) is 0 Å². The molecular formula is C12H23N. The lowest BCUT2D eigenvalue weighted by molar-refractivity contribution is 0.369. The van der Waals surface area contributed by atoms with Gasteiger partial charge in [0.05, 0.1) is 0 Å². The van der Waals surface area contributed by atoms with Crippen LogP contribution in [-0.4, -0.2) is 13.1 Å². The summed E-state index contributed by atoms with van der Waals surface area (Å²) in [7, 11) is 2.06. The Morgan fingerprint density at radius 3 is 2.15 bits per heavy atom. The van der Waals surface area contributed by atoms with Gasteiger partial charge >= 0.3 is 0 Å². The lowest BCUT2D eigenvalue weighted by Gasteiger charge is -2.26. The quantitative estimate of drug-likeness (QED) is 0.521. The molecule has 0 aliphatic heterocycles. The van der Waals surface area contributed by atoms with Crippen molar-refractivity contribution in [2.45, 2.75) is 51.5 Å². The summed E-state index contributed by atoms with van der Waals surface area (Å²) in [6, 6.07) is 0.554. The first-order chi connectivity index (χ1) is 6.25. The maximum atomic E-state index is 4.07. The fraction of sp³-hybridized carbons (Fsp3) is 0.833. The fourth-order valence-corrected chi connectivity index (χ4v) is 2.53. The molecule has 1 rings (SSSR count). The van der Waals surface area contributed by atoms with E-state index in [2.05, 4.69) is 25.9 Å². The van der Waals surface area contributed by atoms with Gasteiger partial charge in [0.1, 0.15) is 0 Å². The average molecular weight is 181 g/mol. The Labute approximate surface area is 82.6 Å². The highest BCUT2D eigenvalue weighted by molar-refractivity contribution is 5.04. The summed E-state index contributed by atoms with van der Waals surface area (Å²) >= 11 is 0. The van der Waals surface area contributed by atoms with Crippen LogP contribution in [-0.2, 0) is 0 Å². The van der Waals surface area contributed by atoms with Gasteiger partial charge in [0, 0.05) is 6.04 Å². The van der Waals surface area contributed by atoms with E-state index in [0.29, 0.717) is 6.04 Å². The number of hydrogen-bond acceptors (Lipinski definition) is 1. The highest BCUT2D eigenvalue weighted by Gasteiger charge is 2.21. The van der Waals surface area contributed by atoms with Gasteiger partial charge in [-0.3, -0.25) is 0 Å². The molecule has 0 radical (unpaired) electrons. The first kappa shape index (κ1) is 10.8. The minimum Gasteiger partial charge on any atom is -0.313 e. The Kier molecular flexibility index (Phi) is 4.51. The van der Waals surface area contributed by atoms with Crippen LogP contribution < -0.4 is 5.32 Å². The first-order valence-corrected chi connectivity index (χ1v) is 5.58. The molecule has 76 valence electrons. The van der Waals surface area contributed by atoms with E-state index >= 15 is 0 Å². The monoisotopic (exact) mass is 181 g/mol. The Balaban J connectivity index is 2.50. The topological polar surface area (TPSA) is 12.0 Å². The third kappa shape index (κ3) is 3.15. The summed E-state index contributed by atoms with van der Waals surface area (Å²) in [5.74, 6) is 0.838. The van der Waals surface area contributed by atoms with Crippen molar-refractivity contribution in [3.8, 4) is 0 Å². The molecule has 1 unspecified atom stereocenters. The second kappa shape index (κ2) is 5.43. The number of likely N-dealkylation sites (N-methyl/N-ethyl adjacent to an activating group) is 1. The zero-order valence-electron chi connectivity index (χ0n) is 9.10. The van der Waals surface area contributed by atoms with Gasteiger partial charge in [-0.15, -0.1) is 0 Å². The molecule has 0 amide bonds. The fourth-order valence-electron chi connectivity index (χ4n) is 2.53. The van der Waals surface area contributed by atoms with Crippen LogP contribution in [0.5, 0.6) is 0 Å². The van der Waals surface area contributed by atoms with Crippen LogP contribution in [0.15, 0.2) is 12.2 Å². The molecule has 0 aromatic heterocycles. The highest BCUT2D eigenvalue weighted by Crippen LogP contribution is 2.27. The summed E-state index contributed by atoms with van der Waals surface area (Å²) in [6.45, 7) is 6.21. The molecule has 1 heteroatoms. The van der Waals surface area contributed by atoms with Gasteiger partial charge in [-0.05, 0) is 32.7 Å². The van der Waals surface area contributed by atoms with E-state index in [9.17, 15) is 0 Å². The number of rotatable bonds is 3. The number of nitrogens with one attached hydrogen (secondary N) is 1. The second-order valence-corrected chi connectivity index (χ2v) is 4.36. The third-order valence-corrected chi connectivity index (χ3v) is 3.21. The molecule has 0 aromatic carbocycles. The summed E-state index contributed by atoms with van der Waals surface area (Å²) < 4.78 is 0. The van der Waals surface area contributed by atoms with Crippen LogP contribution in [0.2, 0.25) is 0 Å². The molecule has 0 aromatic rings. The molecular weight excluding hydrogens is 158 g/mol. The Morgan fingerprint density at radius 2 is 1.77 bits per heavy atom. The van der Waals surface area contributed by atoms with E-state index in [4.69, 9.17) is 0 Å². The van der Waals surface area contributed by atoms with E-state index in [1.165, 1.54) is 44.1 Å². The van der Waals surface area contributed by atoms with Gasteiger partial charge in [-0.2, -0.15) is 0 Å². The third-order valence-electron chi connectivity index (χ3n) is 3.21. The zero-order chi connectivity index (χ0) is 9.68. The van der Waals surface area contributed by atoms with Crippen molar-refractivity contribution in [2.24, 2.45) is 5.92 Å². The van der Waals surface area contributed by atoms with Crippen LogP contribution in [0.4, 0.5) is 0 Å². The summed E-state index contributed by atoms with van der Waals surface area (Å²) in [5.41, 5.74) is 1.30. The molecule has 1 atom stereocenters. The SMILES string of the molecule is C=C(C)C(NC)C1CCCCCC1. The molecule has 1 aliphatic carbocycles. The molecule has 0 bridgehead atoms.